The van der Waals surface area contributed by atoms with Gasteiger partial charge in [-0.05, 0) is 53.9 Å². The first-order valence-electron chi connectivity index (χ1n) is 6.84. The largest absolute Gasteiger partial charge is 0.480 e. The van der Waals surface area contributed by atoms with Gasteiger partial charge in [0.15, 0.2) is 0 Å². The van der Waals surface area contributed by atoms with E-state index in [9.17, 15) is 4.79 Å². The molecule has 0 spiro atoms. The summed E-state index contributed by atoms with van der Waals surface area (Å²) in [6, 6.07) is 2.77. The van der Waals surface area contributed by atoms with Gasteiger partial charge in [0.25, 0.3) is 0 Å². The van der Waals surface area contributed by atoms with Gasteiger partial charge in [-0.25, -0.2) is 4.98 Å². The Bertz CT molecular complexity index is 489. The molecule has 0 amide bonds. The summed E-state index contributed by atoms with van der Waals surface area (Å²) in [7, 11) is 0. The fourth-order valence-electron chi connectivity index (χ4n) is 2.50. The first kappa shape index (κ1) is 15.3. The average molecular weight is 342 g/mol. The lowest BCUT2D eigenvalue weighted by molar-refractivity contribution is -0.139. The fraction of sp³-hybridized carbons (Fsp3) is 0.571. The minimum Gasteiger partial charge on any atom is -0.480 e. The van der Waals surface area contributed by atoms with Gasteiger partial charge >= 0.3 is 5.97 Å². The number of rotatable bonds is 6. The average Bonchev–Trinajstić information content (AvgIpc) is 2.35. The molecular formula is C14H20BrN3O2. The molecule has 1 aliphatic rings. The molecule has 0 atom stereocenters. The van der Waals surface area contributed by atoms with Crippen molar-refractivity contribution in [3.63, 3.8) is 0 Å². The molecule has 1 heterocycles. The van der Waals surface area contributed by atoms with E-state index in [0.717, 1.165) is 35.2 Å². The quantitative estimate of drug-likeness (QED) is 0.832. The van der Waals surface area contributed by atoms with Gasteiger partial charge in [-0.1, -0.05) is 6.92 Å². The molecule has 1 fully saturated rings. The molecule has 20 heavy (non-hydrogen) atoms. The number of aromatic nitrogens is 1. The van der Waals surface area contributed by atoms with Gasteiger partial charge in [0.1, 0.15) is 5.82 Å². The van der Waals surface area contributed by atoms with Crippen molar-refractivity contribution in [3.05, 3.63) is 22.3 Å². The first-order valence-corrected chi connectivity index (χ1v) is 7.63. The Labute approximate surface area is 127 Å². The van der Waals surface area contributed by atoms with Crippen molar-refractivity contribution in [3.8, 4) is 0 Å². The van der Waals surface area contributed by atoms with Gasteiger partial charge in [0.2, 0.25) is 0 Å². The molecule has 0 bridgehead atoms. The Kier molecular flexibility index (Phi) is 4.99. The van der Waals surface area contributed by atoms with Crippen LogP contribution in [0.25, 0.3) is 0 Å². The van der Waals surface area contributed by atoms with Crippen LogP contribution in [0.5, 0.6) is 0 Å². The Hall–Kier alpha value is -1.14. The van der Waals surface area contributed by atoms with E-state index in [1.807, 2.05) is 24.8 Å². The Balaban J connectivity index is 1.84. The maximum Gasteiger partial charge on any atom is 0.317 e. The molecule has 0 unspecified atom stereocenters. The third-order valence-corrected chi connectivity index (χ3v) is 4.60. The molecule has 2 rings (SSSR count). The van der Waals surface area contributed by atoms with Gasteiger partial charge in [-0.2, -0.15) is 0 Å². The molecule has 110 valence electrons. The van der Waals surface area contributed by atoms with E-state index in [1.165, 1.54) is 0 Å². The van der Waals surface area contributed by atoms with Crippen LogP contribution in [0.3, 0.4) is 0 Å². The highest BCUT2D eigenvalue weighted by Crippen LogP contribution is 2.28. The lowest BCUT2D eigenvalue weighted by Crippen LogP contribution is -2.51. The number of halogens is 1. The third-order valence-electron chi connectivity index (χ3n) is 3.77. The zero-order chi connectivity index (χ0) is 14.7. The van der Waals surface area contributed by atoms with E-state index < -0.39 is 5.97 Å². The second-order valence-electron chi connectivity index (χ2n) is 5.24. The number of anilines is 1. The standard InChI is InChI=1S/C14H20BrN3O2/c1-3-18(8-14(19)20)11-5-10(6-11)17-13-4-9(2)12(15)7-16-13/h4,7,10-11H,3,5-6,8H2,1-2H3,(H,16,17)(H,19,20). The number of nitrogens with one attached hydrogen (secondary N) is 1. The number of pyridine rings is 1. The van der Waals surface area contributed by atoms with Crippen LogP contribution in [-0.2, 0) is 4.79 Å². The van der Waals surface area contributed by atoms with Gasteiger partial charge in [0.05, 0.1) is 6.54 Å². The van der Waals surface area contributed by atoms with Gasteiger partial charge < -0.3 is 10.4 Å². The zero-order valence-corrected chi connectivity index (χ0v) is 13.4. The second kappa shape index (κ2) is 6.54. The highest BCUT2D eigenvalue weighted by atomic mass is 79.9. The number of carboxylic acid groups (broad SMARTS) is 1. The Morgan fingerprint density at radius 3 is 2.85 bits per heavy atom. The number of nitrogens with zero attached hydrogens (tertiary/aromatic N) is 2. The molecule has 1 aromatic rings. The van der Waals surface area contributed by atoms with Crippen LogP contribution in [0.15, 0.2) is 16.7 Å². The SMILES string of the molecule is CCN(CC(=O)O)C1CC(Nc2cc(C)c(Br)cn2)C1. The summed E-state index contributed by atoms with van der Waals surface area (Å²) < 4.78 is 1.01. The maximum atomic E-state index is 10.8. The van der Waals surface area contributed by atoms with E-state index in [1.54, 1.807) is 6.20 Å². The number of carboxylic acids is 1. The molecule has 0 saturated heterocycles. The topological polar surface area (TPSA) is 65.5 Å². The number of hydrogen-bond donors (Lipinski definition) is 2. The van der Waals surface area contributed by atoms with E-state index in [4.69, 9.17) is 5.11 Å². The van der Waals surface area contributed by atoms with Crippen LogP contribution < -0.4 is 5.32 Å². The van der Waals surface area contributed by atoms with Crippen molar-refractivity contribution in [2.75, 3.05) is 18.4 Å². The van der Waals surface area contributed by atoms with Crippen molar-refractivity contribution >= 4 is 27.7 Å². The van der Waals surface area contributed by atoms with Crippen LogP contribution in [-0.4, -0.2) is 46.1 Å². The summed E-state index contributed by atoms with van der Waals surface area (Å²) in [6.07, 6.45) is 3.74. The first-order chi connectivity index (χ1) is 9.49. The fourth-order valence-corrected chi connectivity index (χ4v) is 2.72. The molecule has 1 saturated carbocycles. The number of hydrogen-bond acceptors (Lipinski definition) is 4. The minimum atomic E-state index is -0.756. The normalized spacial score (nSPS) is 21.6. The summed E-state index contributed by atoms with van der Waals surface area (Å²) in [5.41, 5.74) is 1.15. The molecule has 0 aliphatic heterocycles. The molecule has 6 heteroatoms. The van der Waals surface area contributed by atoms with E-state index >= 15 is 0 Å². The lowest BCUT2D eigenvalue weighted by atomic mass is 9.85. The van der Waals surface area contributed by atoms with Gasteiger partial charge in [-0.15, -0.1) is 0 Å². The number of aryl methyl sites for hydroxylation is 1. The zero-order valence-electron chi connectivity index (χ0n) is 11.8. The summed E-state index contributed by atoms with van der Waals surface area (Å²) in [5.74, 6) is 0.129. The highest BCUT2D eigenvalue weighted by Gasteiger charge is 2.33. The monoisotopic (exact) mass is 341 g/mol. The van der Waals surface area contributed by atoms with E-state index in [0.29, 0.717) is 12.1 Å². The van der Waals surface area contributed by atoms with Crippen LogP contribution >= 0.6 is 15.9 Å². The summed E-state index contributed by atoms with van der Waals surface area (Å²) in [6.45, 7) is 4.94. The van der Waals surface area contributed by atoms with Crippen LogP contribution in [0.4, 0.5) is 5.82 Å². The third kappa shape index (κ3) is 3.70. The van der Waals surface area contributed by atoms with E-state index in [-0.39, 0.29) is 6.54 Å². The summed E-state index contributed by atoms with van der Waals surface area (Å²) in [5, 5.41) is 12.3. The predicted molar refractivity (Wildman–Crippen MR) is 82.0 cm³/mol. The molecular weight excluding hydrogens is 322 g/mol. The van der Waals surface area contributed by atoms with Crippen molar-refractivity contribution in [1.82, 2.24) is 9.88 Å². The number of carbonyl (C=O) groups is 1. The van der Waals surface area contributed by atoms with Gasteiger partial charge in [0, 0.05) is 22.8 Å². The van der Waals surface area contributed by atoms with Crippen molar-refractivity contribution < 1.29 is 9.90 Å². The van der Waals surface area contributed by atoms with Crippen molar-refractivity contribution in [2.24, 2.45) is 0 Å². The molecule has 5 nitrogen and oxygen atoms in total. The molecule has 1 aromatic heterocycles. The smallest absolute Gasteiger partial charge is 0.317 e. The van der Waals surface area contributed by atoms with Crippen molar-refractivity contribution in [1.29, 1.82) is 0 Å². The second-order valence-corrected chi connectivity index (χ2v) is 6.10. The molecule has 1 aliphatic carbocycles. The van der Waals surface area contributed by atoms with Crippen LogP contribution in [0, 0.1) is 6.92 Å². The lowest BCUT2D eigenvalue weighted by Gasteiger charge is -2.42. The maximum absolute atomic E-state index is 10.8. The molecule has 0 aromatic carbocycles. The van der Waals surface area contributed by atoms with Crippen LogP contribution in [0.1, 0.15) is 25.3 Å². The Morgan fingerprint density at radius 2 is 2.30 bits per heavy atom. The van der Waals surface area contributed by atoms with E-state index in [2.05, 4.69) is 26.2 Å². The number of likely N-dealkylation sites (N-methyl/N-ethyl adjacent to an activating group) is 1. The summed E-state index contributed by atoms with van der Waals surface area (Å²) >= 11 is 3.43. The van der Waals surface area contributed by atoms with Crippen molar-refractivity contribution in [2.45, 2.75) is 38.8 Å². The highest BCUT2D eigenvalue weighted by molar-refractivity contribution is 9.10. The Morgan fingerprint density at radius 1 is 1.60 bits per heavy atom. The van der Waals surface area contributed by atoms with Crippen LogP contribution in [0.2, 0.25) is 0 Å². The molecule has 0 radical (unpaired) electrons. The van der Waals surface area contributed by atoms with Gasteiger partial charge in [-0.3, -0.25) is 9.69 Å². The molecule has 2 N–H and O–H groups in total. The summed E-state index contributed by atoms with van der Waals surface area (Å²) in [4.78, 5) is 17.1. The number of aliphatic carboxylic acids is 1. The predicted octanol–water partition coefficient (Wildman–Crippen LogP) is 2.50. The minimum absolute atomic E-state index is 0.129.